The largest absolute Gasteiger partial charge is 0.398 e. The van der Waals surface area contributed by atoms with Gasteiger partial charge in [0.25, 0.3) is 5.91 Å². The van der Waals surface area contributed by atoms with E-state index in [0.717, 1.165) is 25.7 Å². The maximum absolute atomic E-state index is 12.9. The van der Waals surface area contributed by atoms with Gasteiger partial charge in [0.2, 0.25) is 0 Å². The number of hydrogen-bond acceptors (Lipinski definition) is 3. The fourth-order valence-electron chi connectivity index (χ4n) is 2.45. The molecule has 3 N–H and O–H groups in total. The van der Waals surface area contributed by atoms with Crippen LogP contribution in [0.4, 0.5) is 10.1 Å². The maximum Gasteiger partial charge on any atom is 0.253 e. The van der Waals surface area contributed by atoms with Gasteiger partial charge in [0.15, 0.2) is 0 Å². The van der Waals surface area contributed by atoms with Gasteiger partial charge in [0.1, 0.15) is 5.82 Å². The van der Waals surface area contributed by atoms with E-state index < -0.39 is 5.82 Å². The highest BCUT2D eigenvalue weighted by Crippen LogP contribution is 2.27. The highest BCUT2D eigenvalue weighted by Gasteiger charge is 2.22. The molecule has 1 aromatic carbocycles. The number of rotatable bonds is 3. The number of halogens is 1. The zero-order valence-corrected chi connectivity index (χ0v) is 11.8. The molecule has 0 heterocycles. The van der Waals surface area contributed by atoms with E-state index in [2.05, 4.69) is 11.6 Å². The van der Waals surface area contributed by atoms with Crippen LogP contribution in [0.2, 0.25) is 0 Å². The Bertz CT molecular complexity index is 459. The highest BCUT2D eigenvalue weighted by atomic mass is 32.2. The normalized spacial score (nSPS) is 23.1. The number of benzene rings is 1. The zero-order chi connectivity index (χ0) is 13.8. The second-order valence-corrected chi connectivity index (χ2v) is 6.05. The Morgan fingerprint density at radius 3 is 2.63 bits per heavy atom. The molecule has 0 aromatic heterocycles. The first kappa shape index (κ1) is 14.2. The van der Waals surface area contributed by atoms with Crippen molar-refractivity contribution < 1.29 is 9.18 Å². The minimum atomic E-state index is -0.422. The second kappa shape index (κ2) is 6.28. The molecular formula is C14H19FN2OS. The predicted octanol–water partition coefficient (Wildman–Crippen LogP) is 2.81. The maximum atomic E-state index is 12.9. The van der Waals surface area contributed by atoms with Crippen LogP contribution in [-0.4, -0.2) is 23.5 Å². The molecule has 1 aliphatic rings. The van der Waals surface area contributed by atoms with Gasteiger partial charge in [-0.15, -0.1) is 0 Å². The van der Waals surface area contributed by atoms with Crippen molar-refractivity contribution in [2.45, 2.75) is 37.0 Å². The van der Waals surface area contributed by atoms with Crippen LogP contribution in [0.25, 0.3) is 0 Å². The number of amides is 1. The third kappa shape index (κ3) is 3.62. The fraction of sp³-hybridized carbons (Fsp3) is 0.500. The molecule has 0 unspecified atom stereocenters. The van der Waals surface area contributed by atoms with Crippen molar-refractivity contribution in [2.75, 3.05) is 12.0 Å². The zero-order valence-electron chi connectivity index (χ0n) is 11.0. The van der Waals surface area contributed by atoms with Crippen LogP contribution < -0.4 is 11.1 Å². The van der Waals surface area contributed by atoms with Crippen molar-refractivity contribution in [2.24, 2.45) is 0 Å². The topological polar surface area (TPSA) is 55.1 Å². The molecule has 19 heavy (non-hydrogen) atoms. The van der Waals surface area contributed by atoms with Gasteiger partial charge in [-0.05, 0) is 50.1 Å². The standard InChI is InChI=1S/C14H19FN2OS/c1-19-11-5-3-10(4-6-11)17-14(18)12-7-2-9(15)8-13(12)16/h2,7-8,10-11H,3-6,16H2,1H3,(H,17,18). The molecule has 0 atom stereocenters. The van der Waals surface area contributed by atoms with E-state index in [1.165, 1.54) is 18.2 Å². The van der Waals surface area contributed by atoms with Crippen molar-refractivity contribution in [1.29, 1.82) is 0 Å². The van der Waals surface area contributed by atoms with Crippen molar-refractivity contribution in [1.82, 2.24) is 5.32 Å². The second-order valence-electron chi connectivity index (χ2n) is 4.91. The molecule has 0 saturated heterocycles. The average molecular weight is 282 g/mol. The van der Waals surface area contributed by atoms with Crippen LogP contribution in [0.15, 0.2) is 18.2 Å². The summed E-state index contributed by atoms with van der Waals surface area (Å²) in [5, 5.41) is 3.70. The van der Waals surface area contributed by atoms with E-state index in [0.29, 0.717) is 10.8 Å². The number of thioether (sulfide) groups is 1. The summed E-state index contributed by atoms with van der Waals surface area (Å²) in [6, 6.07) is 4.09. The molecule has 1 aromatic rings. The van der Waals surface area contributed by atoms with Crippen molar-refractivity contribution in [3.05, 3.63) is 29.6 Å². The van der Waals surface area contributed by atoms with Gasteiger partial charge in [0, 0.05) is 17.0 Å². The molecule has 0 spiro atoms. The van der Waals surface area contributed by atoms with Crippen LogP contribution in [0.5, 0.6) is 0 Å². The number of anilines is 1. The molecule has 104 valence electrons. The summed E-state index contributed by atoms with van der Waals surface area (Å²) >= 11 is 1.89. The van der Waals surface area contributed by atoms with E-state index in [1.54, 1.807) is 0 Å². The SMILES string of the molecule is CSC1CCC(NC(=O)c2ccc(F)cc2N)CC1. The molecule has 1 amide bonds. The Balaban J connectivity index is 1.94. The number of hydrogen-bond donors (Lipinski definition) is 2. The molecule has 5 heteroatoms. The molecule has 1 aliphatic carbocycles. The summed E-state index contributed by atoms with van der Waals surface area (Å²) in [7, 11) is 0. The summed E-state index contributed by atoms with van der Waals surface area (Å²) in [4.78, 5) is 12.1. The van der Waals surface area contributed by atoms with Crippen molar-refractivity contribution >= 4 is 23.4 Å². The summed E-state index contributed by atoms with van der Waals surface area (Å²) in [5.74, 6) is -0.625. The van der Waals surface area contributed by atoms with Crippen LogP contribution in [0.3, 0.4) is 0 Å². The lowest BCUT2D eigenvalue weighted by Crippen LogP contribution is -2.38. The number of carbonyl (C=O) groups is 1. The van der Waals surface area contributed by atoms with E-state index in [1.807, 2.05) is 11.8 Å². The van der Waals surface area contributed by atoms with Crippen LogP contribution in [-0.2, 0) is 0 Å². The first-order chi connectivity index (χ1) is 9.10. The smallest absolute Gasteiger partial charge is 0.253 e. The predicted molar refractivity (Wildman–Crippen MR) is 77.8 cm³/mol. The average Bonchev–Trinajstić information content (AvgIpc) is 2.39. The molecule has 0 radical (unpaired) electrons. The van der Waals surface area contributed by atoms with Crippen LogP contribution >= 0.6 is 11.8 Å². The molecule has 2 rings (SSSR count). The van der Waals surface area contributed by atoms with Crippen molar-refractivity contribution in [3.63, 3.8) is 0 Å². The number of nitrogens with one attached hydrogen (secondary N) is 1. The molecule has 0 aliphatic heterocycles. The Morgan fingerprint density at radius 1 is 1.37 bits per heavy atom. The lowest BCUT2D eigenvalue weighted by molar-refractivity contribution is 0.0929. The molecule has 3 nitrogen and oxygen atoms in total. The third-order valence-corrected chi connectivity index (χ3v) is 4.74. The van der Waals surface area contributed by atoms with Gasteiger partial charge >= 0.3 is 0 Å². The van der Waals surface area contributed by atoms with E-state index in [4.69, 9.17) is 5.73 Å². The first-order valence-electron chi connectivity index (χ1n) is 6.49. The summed E-state index contributed by atoms with van der Waals surface area (Å²) in [6.45, 7) is 0. The molecule has 0 bridgehead atoms. The minimum Gasteiger partial charge on any atom is -0.398 e. The molecule has 1 fully saturated rings. The number of nitrogens with two attached hydrogens (primary N) is 1. The molecular weight excluding hydrogens is 263 g/mol. The molecule has 1 saturated carbocycles. The van der Waals surface area contributed by atoms with Crippen molar-refractivity contribution in [3.8, 4) is 0 Å². The monoisotopic (exact) mass is 282 g/mol. The lowest BCUT2D eigenvalue weighted by atomic mass is 9.94. The Morgan fingerprint density at radius 2 is 2.05 bits per heavy atom. The summed E-state index contributed by atoms with van der Waals surface area (Å²) in [6.07, 6.45) is 6.38. The van der Waals surface area contributed by atoms with Gasteiger partial charge < -0.3 is 11.1 Å². The number of carbonyl (C=O) groups excluding carboxylic acids is 1. The Kier molecular flexibility index (Phi) is 4.69. The minimum absolute atomic E-state index is 0.190. The first-order valence-corrected chi connectivity index (χ1v) is 7.77. The van der Waals surface area contributed by atoms with Gasteiger partial charge in [-0.3, -0.25) is 4.79 Å². The summed E-state index contributed by atoms with van der Waals surface area (Å²) in [5.41, 5.74) is 6.21. The van der Waals surface area contributed by atoms with E-state index >= 15 is 0 Å². The summed E-state index contributed by atoms with van der Waals surface area (Å²) < 4.78 is 12.9. The van der Waals surface area contributed by atoms with Crippen LogP contribution in [0.1, 0.15) is 36.0 Å². The quantitative estimate of drug-likeness (QED) is 0.838. The number of nitrogen functional groups attached to an aromatic ring is 1. The van der Waals surface area contributed by atoms with Gasteiger partial charge in [0.05, 0.1) is 5.56 Å². The Hall–Kier alpha value is -1.23. The fourth-order valence-corrected chi connectivity index (χ4v) is 3.19. The highest BCUT2D eigenvalue weighted by molar-refractivity contribution is 7.99. The van der Waals surface area contributed by atoms with E-state index in [-0.39, 0.29) is 17.6 Å². The third-order valence-electron chi connectivity index (χ3n) is 3.60. The van der Waals surface area contributed by atoms with Gasteiger partial charge in [-0.2, -0.15) is 11.8 Å². The lowest BCUT2D eigenvalue weighted by Gasteiger charge is -2.28. The van der Waals surface area contributed by atoms with Gasteiger partial charge in [-0.1, -0.05) is 0 Å². The van der Waals surface area contributed by atoms with E-state index in [9.17, 15) is 9.18 Å². The Labute approximate surface area is 117 Å². The van der Waals surface area contributed by atoms with Crippen LogP contribution in [0, 0.1) is 5.82 Å². The van der Waals surface area contributed by atoms with Gasteiger partial charge in [-0.25, -0.2) is 4.39 Å².